The maximum Gasteiger partial charge on any atom is 0.417 e. The topological polar surface area (TPSA) is 55.3 Å². The highest BCUT2D eigenvalue weighted by molar-refractivity contribution is 6.01. The number of hydrogen-bond donors (Lipinski definition) is 0. The first-order chi connectivity index (χ1) is 16.3. The molecule has 2 aliphatic carbocycles. The molecule has 1 amide bonds. The monoisotopic (exact) mass is 465 g/mol. The Morgan fingerprint density at radius 3 is 2.65 bits per heavy atom. The van der Waals surface area contributed by atoms with E-state index in [1.54, 1.807) is 6.20 Å². The van der Waals surface area contributed by atoms with Crippen LogP contribution in [0.15, 0.2) is 60.9 Å². The summed E-state index contributed by atoms with van der Waals surface area (Å²) in [5.41, 5.74) is 2.41. The third kappa shape index (κ3) is 3.19. The molecule has 34 heavy (non-hydrogen) atoms. The van der Waals surface area contributed by atoms with Gasteiger partial charge in [-0.05, 0) is 49.4 Å². The number of piperidine rings is 1. The van der Waals surface area contributed by atoms with Crippen LogP contribution in [0.1, 0.15) is 34.3 Å². The van der Waals surface area contributed by atoms with Crippen LogP contribution in [0, 0.1) is 18.3 Å². The van der Waals surface area contributed by atoms with E-state index in [-0.39, 0.29) is 29.3 Å². The summed E-state index contributed by atoms with van der Waals surface area (Å²) in [5, 5.41) is 0. The van der Waals surface area contributed by atoms with Crippen LogP contribution in [0.2, 0.25) is 0 Å². The molecule has 3 fully saturated rings. The van der Waals surface area contributed by atoms with Gasteiger partial charge in [-0.25, -0.2) is 4.98 Å². The first-order valence-electron chi connectivity index (χ1n) is 11.3. The summed E-state index contributed by atoms with van der Waals surface area (Å²) >= 11 is 0. The van der Waals surface area contributed by atoms with Gasteiger partial charge in [0.15, 0.2) is 0 Å². The van der Waals surface area contributed by atoms with Crippen molar-refractivity contribution in [2.45, 2.75) is 38.1 Å². The molecule has 4 atom stereocenters. The highest BCUT2D eigenvalue weighted by atomic mass is 19.4. The Morgan fingerprint density at radius 2 is 1.91 bits per heavy atom. The van der Waals surface area contributed by atoms with Gasteiger partial charge in [0.25, 0.3) is 5.91 Å². The number of pyridine rings is 2. The Bertz CT molecular complexity index is 1280. The molecule has 6 rings (SSSR count). The molecule has 4 unspecified atom stereocenters. The van der Waals surface area contributed by atoms with E-state index >= 15 is 0 Å². The number of rotatable bonds is 4. The van der Waals surface area contributed by atoms with Gasteiger partial charge in [0.1, 0.15) is 6.10 Å². The van der Waals surface area contributed by atoms with Crippen LogP contribution < -0.4 is 4.74 Å². The molecule has 8 heteroatoms. The molecule has 1 aliphatic heterocycles. The summed E-state index contributed by atoms with van der Waals surface area (Å²) in [4.78, 5) is 24.0. The number of aromatic nitrogens is 2. The highest BCUT2D eigenvalue weighted by Crippen LogP contribution is 2.71. The van der Waals surface area contributed by atoms with Gasteiger partial charge in [0.2, 0.25) is 5.88 Å². The Morgan fingerprint density at radius 1 is 1.09 bits per heavy atom. The van der Waals surface area contributed by atoms with Crippen LogP contribution in [0.25, 0.3) is 11.3 Å². The van der Waals surface area contributed by atoms with Crippen LogP contribution in [0.4, 0.5) is 13.2 Å². The average molecular weight is 465 g/mol. The van der Waals surface area contributed by atoms with Crippen LogP contribution in [0.5, 0.6) is 5.88 Å². The minimum Gasteiger partial charge on any atom is -0.472 e. The van der Waals surface area contributed by atoms with E-state index in [9.17, 15) is 18.0 Å². The van der Waals surface area contributed by atoms with Crippen molar-refractivity contribution >= 4 is 5.91 Å². The number of likely N-dealkylation sites (tertiary alicyclic amines) is 1. The summed E-state index contributed by atoms with van der Waals surface area (Å²) in [6, 6.07) is 13.4. The second-order valence-electron chi connectivity index (χ2n) is 9.49. The SMILES string of the molecule is Cc1cccnc1-c1ccccc1C(=O)N1CC2CC23CC(Oc2ccc(C(F)(F)F)cn2)C13. The molecule has 3 heterocycles. The zero-order valence-corrected chi connectivity index (χ0v) is 18.4. The maximum absolute atomic E-state index is 13.8. The number of carbonyl (C=O) groups is 1. The van der Waals surface area contributed by atoms with Crippen LogP contribution >= 0.6 is 0 Å². The molecule has 1 saturated heterocycles. The van der Waals surface area contributed by atoms with Gasteiger partial charge in [-0.1, -0.05) is 24.3 Å². The number of amides is 1. The third-order valence-electron chi connectivity index (χ3n) is 7.57. The zero-order valence-electron chi connectivity index (χ0n) is 18.4. The van der Waals surface area contributed by atoms with Gasteiger partial charge in [-0.3, -0.25) is 9.78 Å². The van der Waals surface area contributed by atoms with Crippen molar-refractivity contribution in [1.29, 1.82) is 0 Å². The quantitative estimate of drug-likeness (QED) is 0.535. The number of alkyl halides is 3. The number of aryl methyl sites for hydroxylation is 1. The standard InChI is InChI=1S/C26H22F3N3O2/c1-15-5-4-10-30-22(15)18-6-2-3-7-19(18)24(33)32-14-17-11-25(17)12-20(23(25)32)34-21-9-8-16(13-31-21)26(27,28)29/h2-10,13,17,20,23H,11-12,14H2,1H3. The molecule has 1 aromatic carbocycles. The zero-order chi connectivity index (χ0) is 23.7. The summed E-state index contributed by atoms with van der Waals surface area (Å²) in [6.45, 7) is 2.63. The van der Waals surface area contributed by atoms with Crippen molar-refractivity contribution in [3.8, 4) is 17.1 Å². The first-order valence-corrected chi connectivity index (χ1v) is 11.3. The molecule has 3 aliphatic rings. The van der Waals surface area contributed by atoms with Crippen LogP contribution in [-0.2, 0) is 6.18 Å². The summed E-state index contributed by atoms with van der Waals surface area (Å²) in [5.74, 6) is 0.533. The molecule has 5 nitrogen and oxygen atoms in total. The van der Waals surface area contributed by atoms with Gasteiger partial charge >= 0.3 is 6.18 Å². The Kier molecular flexibility index (Phi) is 4.53. The molecule has 2 aromatic heterocycles. The Hall–Kier alpha value is -3.42. The fourth-order valence-corrected chi connectivity index (χ4v) is 5.82. The number of ether oxygens (including phenoxy) is 1. The smallest absolute Gasteiger partial charge is 0.417 e. The van der Waals surface area contributed by atoms with E-state index in [2.05, 4.69) is 9.97 Å². The number of benzene rings is 1. The van der Waals surface area contributed by atoms with Crippen molar-refractivity contribution in [2.75, 3.05) is 6.54 Å². The minimum absolute atomic E-state index is 0.0640. The predicted molar refractivity (Wildman–Crippen MR) is 118 cm³/mol. The molecule has 0 bridgehead atoms. The van der Waals surface area contributed by atoms with E-state index in [4.69, 9.17) is 4.74 Å². The first kappa shape index (κ1) is 21.1. The molecule has 3 aromatic rings. The van der Waals surface area contributed by atoms with Gasteiger partial charge in [-0.15, -0.1) is 0 Å². The lowest BCUT2D eigenvalue weighted by molar-refractivity contribution is -0.137. The van der Waals surface area contributed by atoms with Crippen molar-refractivity contribution in [1.82, 2.24) is 14.9 Å². The van der Waals surface area contributed by atoms with Crippen LogP contribution in [-0.4, -0.2) is 39.5 Å². The summed E-state index contributed by atoms with van der Waals surface area (Å²) in [7, 11) is 0. The number of halogens is 3. The van der Waals surface area contributed by atoms with Crippen molar-refractivity contribution in [3.63, 3.8) is 0 Å². The predicted octanol–water partition coefficient (Wildman–Crippen LogP) is 5.15. The molecule has 0 radical (unpaired) electrons. The minimum atomic E-state index is -4.44. The lowest BCUT2D eigenvalue weighted by Gasteiger charge is -2.47. The fourth-order valence-electron chi connectivity index (χ4n) is 5.82. The number of carbonyl (C=O) groups excluding carboxylic acids is 1. The number of hydrogen-bond acceptors (Lipinski definition) is 4. The van der Waals surface area contributed by atoms with Gasteiger partial charge in [0, 0.05) is 41.5 Å². The number of nitrogens with zero attached hydrogens (tertiary/aromatic N) is 3. The van der Waals surface area contributed by atoms with E-state index in [1.165, 1.54) is 6.07 Å². The second kappa shape index (κ2) is 7.29. The Labute approximate surface area is 194 Å². The third-order valence-corrected chi connectivity index (χ3v) is 7.57. The lowest BCUT2D eigenvalue weighted by atomic mass is 9.73. The molecule has 174 valence electrons. The van der Waals surface area contributed by atoms with Gasteiger partial charge in [0.05, 0.1) is 17.3 Å². The van der Waals surface area contributed by atoms with E-state index in [0.717, 1.165) is 41.9 Å². The van der Waals surface area contributed by atoms with Crippen molar-refractivity contribution < 1.29 is 22.7 Å². The molecular formula is C26H22F3N3O2. The fraction of sp³-hybridized carbons (Fsp3) is 0.346. The summed E-state index contributed by atoms with van der Waals surface area (Å²) in [6.07, 6.45) is -0.382. The molecule has 2 saturated carbocycles. The molecule has 0 N–H and O–H groups in total. The normalized spacial score (nSPS) is 26.9. The lowest BCUT2D eigenvalue weighted by Crippen LogP contribution is -2.59. The average Bonchev–Trinajstić information content (AvgIpc) is 3.47. The van der Waals surface area contributed by atoms with E-state index in [1.807, 2.05) is 48.2 Å². The van der Waals surface area contributed by atoms with E-state index < -0.39 is 11.7 Å². The summed E-state index contributed by atoms with van der Waals surface area (Å²) < 4.78 is 44.5. The largest absolute Gasteiger partial charge is 0.472 e. The Balaban J connectivity index is 1.26. The maximum atomic E-state index is 13.8. The van der Waals surface area contributed by atoms with E-state index in [0.29, 0.717) is 18.0 Å². The second-order valence-corrected chi connectivity index (χ2v) is 9.49. The van der Waals surface area contributed by atoms with Crippen LogP contribution in [0.3, 0.4) is 0 Å². The van der Waals surface area contributed by atoms with Crippen molar-refractivity contribution in [2.24, 2.45) is 11.3 Å². The van der Waals surface area contributed by atoms with Gasteiger partial charge < -0.3 is 9.64 Å². The van der Waals surface area contributed by atoms with Gasteiger partial charge in [-0.2, -0.15) is 13.2 Å². The molecular weight excluding hydrogens is 443 g/mol. The highest BCUT2D eigenvalue weighted by Gasteiger charge is 2.76. The molecule has 1 spiro atoms. The van der Waals surface area contributed by atoms with Crippen molar-refractivity contribution in [3.05, 3.63) is 77.6 Å².